The van der Waals surface area contributed by atoms with E-state index < -0.39 is 0 Å². The van der Waals surface area contributed by atoms with Gasteiger partial charge in [-0.3, -0.25) is 9.59 Å². The number of hydrogen-bond donors (Lipinski definition) is 1. The van der Waals surface area contributed by atoms with Crippen LogP contribution in [0.4, 0.5) is 0 Å². The predicted octanol–water partition coefficient (Wildman–Crippen LogP) is 0.210. The van der Waals surface area contributed by atoms with Crippen LogP contribution in [0.2, 0.25) is 0 Å². The van der Waals surface area contributed by atoms with Gasteiger partial charge in [0.1, 0.15) is 5.88 Å². The smallest absolute Gasteiger partial charge is 0.234 e. The fourth-order valence-electron chi connectivity index (χ4n) is 1.61. The molecule has 4 nitrogen and oxygen atoms in total. The molecule has 0 aromatic carbocycles. The lowest BCUT2D eigenvalue weighted by molar-refractivity contribution is -0.126. The highest BCUT2D eigenvalue weighted by atomic mass is 35.5. The van der Waals surface area contributed by atoms with Crippen LogP contribution in [0.3, 0.4) is 0 Å². The molecule has 1 aliphatic rings. The van der Waals surface area contributed by atoms with E-state index in [1.54, 1.807) is 11.9 Å². The summed E-state index contributed by atoms with van der Waals surface area (Å²) in [4.78, 5) is 23.7. The Morgan fingerprint density at radius 2 is 2.43 bits per heavy atom. The van der Waals surface area contributed by atoms with Gasteiger partial charge >= 0.3 is 0 Å². The second kappa shape index (κ2) is 5.20. The highest BCUT2D eigenvalue weighted by Crippen LogP contribution is 2.18. The molecular weight excluding hydrogens is 204 g/mol. The maximum atomic E-state index is 11.2. The lowest BCUT2D eigenvalue weighted by Gasteiger charge is -2.10. The maximum absolute atomic E-state index is 11.2. The second-order valence-electron chi connectivity index (χ2n) is 3.62. The summed E-state index contributed by atoms with van der Waals surface area (Å²) in [5.74, 6) is 0.426. The molecule has 1 unspecified atom stereocenters. The molecule has 2 amide bonds. The monoisotopic (exact) mass is 218 g/mol. The van der Waals surface area contributed by atoms with Crippen molar-refractivity contribution in [1.29, 1.82) is 0 Å². The van der Waals surface area contributed by atoms with Crippen molar-refractivity contribution < 1.29 is 9.59 Å². The summed E-state index contributed by atoms with van der Waals surface area (Å²) in [6, 6.07) is 0. The fraction of sp³-hybridized carbons (Fsp3) is 0.778. The summed E-state index contributed by atoms with van der Waals surface area (Å²) in [6.45, 7) is 1.41. The molecule has 1 fully saturated rings. The van der Waals surface area contributed by atoms with Crippen LogP contribution < -0.4 is 5.32 Å². The number of alkyl halides is 1. The Morgan fingerprint density at radius 3 is 2.93 bits per heavy atom. The number of carbonyl (C=O) groups excluding carboxylic acids is 2. The van der Waals surface area contributed by atoms with Crippen molar-refractivity contribution in [2.45, 2.75) is 12.8 Å². The zero-order valence-corrected chi connectivity index (χ0v) is 9.01. The average Bonchev–Trinajstić information content (AvgIpc) is 2.46. The summed E-state index contributed by atoms with van der Waals surface area (Å²) in [6.07, 6.45) is 1.45. The van der Waals surface area contributed by atoms with E-state index in [9.17, 15) is 9.59 Å². The maximum Gasteiger partial charge on any atom is 0.234 e. The van der Waals surface area contributed by atoms with Crippen molar-refractivity contribution in [3.05, 3.63) is 0 Å². The van der Waals surface area contributed by atoms with E-state index >= 15 is 0 Å². The average molecular weight is 219 g/mol. The third-order valence-corrected chi connectivity index (χ3v) is 2.66. The molecule has 0 radical (unpaired) electrons. The van der Waals surface area contributed by atoms with Crippen molar-refractivity contribution in [2.24, 2.45) is 5.92 Å². The summed E-state index contributed by atoms with van der Waals surface area (Å²) >= 11 is 5.32. The van der Waals surface area contributed by atoms with Crippen molar-refractivity contribution in [2.75, 3.05) is 26.0 Å². The first-order chi connectivity index (χ1) is 6.63. The SMILES string of the molecule is CN1CC(CCNC(=O)CCl)CC1=O. The number of halogens is 1. The molecule has 1 atom stereocenters. The Labute approximate surface area is 88.6 Å². The Morgan fingerprint density at radius 1 is 1.71 bits per heavy atom. The largest absolute Gasteiger partial charge is 0.355 e. The van der Waals surface area contributed by atoms with Gasteiger partial charge in [-0.2, -0.15) is 0 Å². The van der Waals surface area contributed by atoms with Gasteiger partial charge in [0, 0.05) is 26.6 Å². The molecule has 0 spiro atoms. The fourth-order valence-corrected chi connectivity index (χ4v) is 1.71. The van der Waals surface area contributed by atoms with Crippen molar-refractivity contribution in [3.63, 3.8) is 0 Å². The van der Waals surface area contributed by atoms with Gasteiger partial charge in [0.2, 0.25) is 11.8 Å². The third-order valence-electron chi connectivity index (χ3n) is 2.42. The summed E-state index contributed by atoms with van der Waals surface area (Å²) in [7, 11) is 1.81. The van der Waals surface area contributed by atoms with Crippen LogP contribution in [0.15, 0.2) is 0 Å². The number of amides is 2. The van der Waals surface area contributed by atoms with E-state index in [1.165, 1.54) is 0 Å². The Kier molecular flexibility index (Phi) is 4.20. The van der Waals surface area contributed by atoms with E-state index in [-0.39, 0.29) is 17.7 Å². The summed E-state index contributed by atoms with van der Waals surface area (Å²) in [5.41, 5.74) is 0. The molecule has 80 valence electrons. The lowest BCUT2D eigenvalue weighted by Crippen LogP contribution is -2.27. The molecule has 14 heavy (non-hydrogen) atoms. The van der Waals surface area contributed by atoms with Crippen molar-refractivity contribution in [1.82, 2.24) is 10.2 Å². The normalized spacial score (nSPS) is 21.4. The zero-order valence-electron chi connectivity index (χ0n) is 8.25. The number of rotatable bonds is 4. The van der Waals surface area contributed by atoms with E-state index in [0.717, 1.165) is 13.0 Å². The minimum absolute atomic E-state index is 0.00347. The van der Waals surface area contributed by atoms with Crippen LogP contribution >= 0.6 is 11.6 Å². The van der Waals surface area contributed by atoms with Crippen molar-refractivity contribution in [3.8, 4) is 0 Å². The topological polar surface area (TPSA) is 49.4 Å². The highest BCUT2D eigenvalue weighted by Gasteiger charge is 2.25. The highest BCUT2D eigenvalue weighted by molar-refractivity contribution is 6.27. The van der Waals surface area contributed by atoms with Gasteiger partial charge in [-0.15, -0.1) is 11.6 Å². The molecule has 1 N–H and O–H groups in total. The Bertz CT molecular complexity index is 233. The van der Waals surface area contributed by atoms with Gasteiger partial charge in [0.25, 0.3) is 0 Å². The minimum atomic E-state index is -0.149. The van der Waals surface area contributed by atoms with Gasteiger partial charge in [-0.05, 0) is 12.3 Å². The molecule has 1 rings (SSSR count). The first-order valence-corrected chi connectivity index (χ1v) is 5.23. The van der Waals surface area contributed by atoms with Crippen molar-refractivity contribution >= 4 is 23.4 Å². The predicted molar refractivity (Wildman–Crippen MR) is 54.1 cm³/mol. The molecule has 1 heterocycles. The Balaban J connectivity index is 2.14. The van der Waals surface area contributed by atoms with Crippen LogP contribution in [0, 0.1) is 5.92 Å². The molecule has 1 saturated heterocycles. The Hall–Kier alpha value is -0.770. The molecule has 0 bridgehead atoms. The van der Waals surface area contributed by atoms with E-state index in [4.69, 9.17) is 11.6 Å². The van der Waals surface area contributed by atoms with Gasteiger partial charge in [0.15, 0.2) is 0 Å². The summed E-state index contributed by atoms with van der Waals surface area (Å²) < 4.78 is 0. The van der Waals surface area contributed by atoms with Gasteiger partial charge in [0.05, 0.1) is 0 Å². The number of nitrogens with one attached hydrogen (secondary N) is 1. The standard InChI is InChI=1S/C9H15ClN2O2/c1-12-6-7(4-9(12)14)2-3-11-8(13)5-10/h7H,2-6H2,1H3,(H,11,13). The molecular formula is C9H15ClN2O2. The molecule has 1 aliphatic heterocycles. The first-order valence-electron chi connectivity index (χ1n) is 4.70. The van der Waals surface area contributed by atoms with E-state index in [0.29, 0.717) is 18.9 Å². The quantitative estimate of drug-likeness (QED) is 0.686. The number of carbonyl (C=O) groups is 2. The zero-order chi connectivity index (χ0) is 10.6. The minimum Gasteiger partial charge on any atom is -0.355 e. The number of nitrogens with zero attached hydrogens (tertiary/aromatic N) is 1. The molecule has 0 aromatic rings. The van der Waals surface area contributed by atoms with Gasteiger partial charge < -0.3 is 10.2 Å². The van der Waals surface area contributed by atoms with E-state index in [2.05, 4.69) is 5.32 Å². The first kappa shape index (κ1) is 11.3. The van der Waals surface area contributed by atoms with Crippen LogP contribution in [0.25, 0.3) is 0 Å². The molecule has 0 aliphatic carbocycles. The molecule has 5 heteroatoms. The molecule has 0 saturated carbocycles. The van der Waals surface area contributed by atoms with Gasteiger partial charge in [-0.25, -0.2) is 0 Å². The van der Waals surface area contributed by atoms with E-state index in [1.807, 2.05) is 0 Å². The third kappa shape index (κ3) is 3.18. The number of likely N-dealkylation sites (tertiary alicyclic amines) is 1. The second-order valence-corrected chi connectivity index (χ2v) is 3.88. The van der Waals surface area contributed by atoms with Gasteiger partial charge in [-0.1, -0.05) is 0 Å². The molecule has 0 aromatic heterocycles. The van der Waals surface area contributed by atoms with Crippen LogP contribution in [-0.2, 0) is 9.59 Å². The van der Waals surface area contributed by atoms with Crippen LogP contribution in [-0.4, -0.2) is 42.7 Å². The lowest BCUT2D eigenvalue weighted by atomic mass is 10.1. The van der Waals surface area contributed by atoms with Crippen LogP contribution in [0.5, 0.6) is 0 Å². The number of hydrogen-bond acceptors (Lipinski definition) is 2. The summed E-state index contributed by atoms with van der Waals surface area (Å²) in [5, 5.41) is 2.69. The van der Waals surface area contributed by atoms with Crippen LogP contribution in [0.1, 0.15) is 12.8 Å².